The zero-order valence-electron chi connectivity index (χ0n) is 26.4. The second-order valence-corrected chi connectivity index (χ2v) is 13.4. The van der Waals surface area contributed by atoms with Gasteiger partial charge < -0.3 is 18.7 Å². The molecule has 0 radical (unpaired) electrons. The molecule has 39 heavy (non-hydrogen) atoms. The summed E-state index contributed by atoms with van der Waals surface area (Å²) in [6.45, 7) is 14.8. The summed E-state index contributed by atoms with van der Waals surface area (Å²) in [6.07, 6.45) is 8.81. The van der Waals surface area contributed by atoms with Gasteiger partial charge in [-0.2, -0.15) is 0 Å². The second kappa shape index (κ2) is 14.1. The Morgan fingerprint density at radius 3 is 1.85 bits per heavy atom. The van der Waals surface area contributed by atoms with Crippen LogP contribution in [0.15, 0.2) is 24.3 Å². The number of carbonyl (C=O) groups is 2. The Bertz CT molecular complexity index is 913. The maximum atomic E-state index is 13.4. The standard InChI is InChI=1S/C33H56NO5/c1-10-31(4,5)39-25-33(7,24-38-29(35)32(6,11-2)12-3)30(36)37-23-27-20-18-26(19-21-27)22-34(8,9)28-16-14-13-15-17-28/h18-21,28H,10-17,22-25H2,1-9H3/q+1. The van der Waals surface area contributed by atoms with Gasteiger partial charge in [0, 0.05) is 5.56 Å². The van der Waals surface area contributed by atoms with E-state index in [0.717, 1.165) is 29.1 Å². The molecule has 1 saturated carbocycles. The van der Waals surface area contributed by atoms with Crippen molar-refractivity contribution in [2.24, 2.45) is 10.8 Å². The molecule has 0 heterocycles. The monoisotopic (exact) mass is 546 g/mol. The molecule has 0 amide bonds. The van der Waals surface area contributed by atoms with Crippen LogP contribution in [0.25, 0.3) is 0 Å². The second-order valence-electron chi connectivity index (χ2n) is 13.4. The molecule has 1 aromatic rings. The Morgan fingerprint density at radius 2 is 1.31 bits per heavy atom. The first-order chi connectivity index (χ1) is 18.2. The van der Waals surface area contributed by atoms with Gasteiger partial charge in [-0.05, 0) is 78.2 Å². The van der Waals surface area contributed by atoms with Crippen molar-refractivity contribution in [3.8, 4) is 0 Å². The van der Waals surface area contributed by atoms with E-state index in [4.69, 9.17) is 14.2 Å². The van der Waals surface area contributed by atoms with Crippen molar-refractivity contribution in [3.05, 3.63) is 35.4 Å². The number of esters is 2. The van der Waals surface area contributed by atoms with Crippen LogP contribution in [0.4, 0.5) is 0 Å². The number of hydrogen-bond donors (Lipinski definition) is 0. The lowest BCUT2D eigenvalue weighted by molar-refractivity contribution is -0.929. The molecule has 1 aliphatic rings. The molecular formula is C33H56NO5+. The zero-order chi connectivity index (χ0) is 29.3. The summed E-state index contributed by atoms with van der Waals surface area (Å²) in [7, 11) is 4.68. The van der Waals surface area contributed by atoms with Gasteiger partial charge in [0.25, 0.3) is 0 Å². The Morgan fingerprint density at radius 1 is 0.769 bits per heavy atom. The summed E-state index contributed by atoms with van der Waals surface area (Å²) in [4.78, 5) is 26.2. The van der Waals surface area contributed by atoms with Crippen LogP contribution in [0.3, 0.4) is 0 Å². The lowest BCUT2D eigenvalue weighted by Gasteiger charge is -2.40. The minimum Gasteiger partial charge on any atom is -0.464 e. The normalized spacial score (nSPS) is 16.9. The van der Waals surface area contributed by atoms with E-state index in [1.807, 2.05) is 53.7 Å². The molecule has 0 saturated heterocycles. The Labute approximate surface area is 238 Å². The van der Waals surface area contributed by atoms with Crippen LogP contribution in [0.5, 0.6) is 0 Å². The highest BCUT2D eigenvalue weighted by Gasteiger charge is 2.41. The molecule has 222 valence electrons. The molecule has 6 heteroatoms. The number of quaternary nitrogens is 1. The van der Waals surface area contributed by atoms with E-state index in [2.05, 4.69) is 26.2 Å². The van der Waals surface area contributed by atoms with Crippen LogP contribution in [-0.4, -0.2) is 55.4 Å². The topological polar surface area (TPSA) is 61.8 Å². The fourth-order valence-corrected chi connectivity index (χ4v) is 5.00. The van der Waals surface area contributed by atoms with Crippen molar-refractivity contribution < 1.29 is 28.3 Å². The van der Waals surface area contributed by atoms with Gasteiger partial charge in [0.05, 0.1) is 37.8 Å². The summed E-state index contributed by atoms with van der Waals surface area (Å²) >= 11 is 0. The van der Waals surface area contributed by atoms with Gasteiger partial charge in [-0.1, -0.05) is 51.5 Å². The van der Waals surface area contributed by atoms with Crippen molar-refractivity contribution in [2.75, 3.05) is 27.3 Å². The van der Waals surface area contributed by atoms with E-state index in [1.54, 1.807) is 6.92 Å². The minimum absolute atomic E-state index is 0.0762. The quantitative estimate of drug-likeness (QED) is 0.172. The smallest absolute Gasteiger partial charge is 0.317 e. The van der Waals surface area contributed by atoms with Gasteiger partial charge in [0.2, 0.25) is 0 Å². The van der Waals surface area contributed by atoms with Crippen LogP contribution in [0, 0.1) is 10.8 Å². The van der Waals surface area contributed by atoms with E-state index in [0.29, 0.717) is 12.8 Å². The van der Waals surface area contributed by atoms with E-state index in [1.165, 1.54) is 37.7 Å². The SMILES string of the molecule is CCC(C)(C)OCC(C)(COC(=O)C(C)(CC)CC)C(=O)OCc1ccc(C[N+](C)(C)C2CCCCC2)cc1. The van der Waals surface area contributed by atoms with Gasteiger partial charge in [-0.15, -0.1) is 0 Å². The van der Waals surface area contributed by atoms with Crippen molar-refractivity contribution in [3.63, 3.8) is 0 Å². The zero-order valence-corrected chi connectivity index (χ0v) is 26.4. The van der Waals surface area contributed by atoms with E-state index in [9.17, 15) is 9.59 Å². The van der Waals surface area contributed by atoms with Crippen LogP contribution in [-0.2, 0) is 37.0 Å². The van der Waals surface area contributed by atoms with Crippen LogP contribution in [0.2, 0.25) is 0 Å². The summed E-state index contributed by atoms with van der Waals surface area (Å²) in [5, 5.41) is 0. The highest BCUT2D eigenvalue weighted by atomic mass is 16.6. The number of carbonyl (C=O) groups excluding carboxylic acids is 2. The van der Waals surface area contributed by atoms with Gasteiger partial charge in [-0.25, -0.2) is 0 Å². The first kappa shape index (κ1) is 33.3. The molecule has 1 unspecified atom stereocenters. The molecular weight excluding hydrogens is 490 g/mol. The molecule has 1 aromatic carbocycles. The molecule has 0 aliphatic heterocycles. The summed E-state index contributed by atoms with van der Waals surface area (Å²) in [5.41, 5.74) is 0.162. The lowest BCUT2D eigenvalue weighted by atomic mass is 9.84. The number of benzene rings is 1. The predicted molar refractivity (Wildman–Crippen MR) is 157 cm³/mol. The molecule has 0 spiro atoms. The maximum absolute atomic E-state index is 13.4. The molecule has 0 aromatic heterocycles. The highest BCUT2D eigenvalue weighted by Crippen LogP contribution is 2.31. The van der Waals surface area contributed by atoms with Gasteiger partial charge >= 0.3 is 11.9 Å². The van der Waals surface area contributed by atoms with Crippen LogP contribution < -0.4 is 0 Å². The molecule has 6 nitrogen and oxygen atoms in total. The lowest BCUT2D eigenvalue weighted by Crippen LogP contribution is -2.48. The summed E-state index contributed by atoms with van der Waals surface area (Å²) in [6, 6.07) is 9.11. The minimum atomic E-state index is -1.11. The first-order valence-electron chi connectivity index (χ1n) is 15.1. The third-order valence-electron chi connectivity index (χ3n) is 9.25. The van der Waals surface area contributed by atoms with Crippen molar-refractivity contribution in [1.29, 1.82) is 0 Å². The third kappa shape index (κ3) is 9.60. The molecule has 1 fully saturated rings. The number of nitrogens with zero attached hydrogens (tertiary/aromatic N) is 1. The summed E-state index contributed by atoms with van der Waals surface area (Å²) < 4.78 is 18.6. The van der Waals surface area contributed by atoms with E-state index < -0.39 is 22.4 Å². The first-order valence-corrected chi connectivity index (χ1v) is 15.1. The Kier molecular flexibility index (Phi) is 12.0. The van der Waals surface area contributed by atoms with E-state index in [-0.39, 0.29) is 25.8 Å². The van der Waals surface area contributed by atoms with E-state index >= 15 is 0 Å². The third-order valence-corrected chi connectivity index (χ3v) is 9.25. The van der Waals surface area contributed by atoms with Crippen LogP contribution >= 0.6 is 0 Å². The number of hydrogen-bond acceptors (Lipinski definition) is 5. The van der Waals surface area contributed by atoms with Gasteiger partial charge in [-0.3, -0.25) is 9.59 Å². The molecule has 0 bridgehead atoms. The Balaban J connectivity index is 2.04. The van der Waals surface area contributed by atoms with Gasteiger partial charge in [0.15, 0.2) is 0 Å². The number of ether oxygens (including phenoxy) is 3. The van der Waals surface area contributed by atoms with Crippen molar-refractivity contribution in [2.45, 2.75) is 125 Å². The highest BCUT2D eigenvalue weighted by molar-refractivity contribution is 5.79. The number of rotatable bonds is 15. The molecule has 1 atom stereocenters. The van der Waals surface area contributed by atoms with Gasteiger partial charge in [0.1, 0.15) is 25.2 Å². The maximum Gasteiger partial charge on any atom is 0.317 e. The molecule has 1 aliphatic carbocycles. The fraction of sp³-hybridized carbons (Fsp3) is 0.758. The molecule has 2 rings (SSSR count). The fourth-order valence-electron chi connectivity index (χ4n) is 5.00. The molecule has 0 N–H and O–H groups in total. The largest absolute Gasteiger partial charge is 0.464 e. The van der Waals surface area contributed by atoms with Crippen molar-refractivity contribution >= 4 is 11.9 Å². The van der Waals surface area contributed by atoms with Crippen molar-refractivity contribution in [1.82, 2.24) is 0 Å². The van der Waals surface area contributed by atoms with Crippen LogP contribution in [0.1, 0.15) is 111 Å². The predicted octanol–water partition coefficient (Wildman–Crippen LogP) is 7.22. The summed E-state index contributed by atoms with van der Waals surface area (Å²) in [5.74, 6) is -0.706. The Hall–Kier alpha value is -1.92. The average Bonchev–Trinajstić information content (AvgIpc) is 2.94. The average molecular weight is 547 g/mol.